The summed E-state index contributed by atoms with van der Waals surface area (Å²) < 4.78 is 26.1. The van der Waals surface area contributed by atoms with Crippen LogP contribution in [0.2, 0.25) is 0 Å². The van der Waals surface area contributed by atoms with Gasteiger partial charge in [0.25, 0.3) is 0 Å². The Morgan fingerprint density at radius 2 is 1.58 bits per heavy atom. The highest BCUT2D eigenvalue weighted by Crippen LogP contribution is 2.29. The van der Waals surface area contributed by atoms with Crippen LogP contribution in [0.25, 0.3) is 0 Å². The molecule has 66 valence electrons. The van der Waals surface area contributed by atoms with Crippen molar-refractivity contribution in [2.45, 2.75) is 6.92 Å². The third kappa shape index (κ3) is 1.21. The van der Waals surface area contributed by atoms with E-state index in [1.54, 1.807) is 22.6 Å². The van der Waals surface area contributed by atoms with Crippen molar-refractivity contribution in [2.24, 2.45) is 0 Å². The first kappa shape index (κ1) is 9.50. The fraction of sp³-hybridized carbons (Fsp3) is 0.143. The van der Waals surface area contributed by atoms with Gasteiger partial charge >= 0.3 is 0 Å². The van der Waals surface area contributed by atoms with E-state index in [1.165, 1.54) is 6.92 Å². The third-order valence-corrected chi connectivity index (χ3v) is 2.69. The van der Waals surface area contributed by atoms with E-state index in [2.05, 4.69) is 0 Å². The van der Waals surface area contributed by atoms with E-state index in [0.29, 0.717) is 0 Å². The lowest BCUT2D eigenvalue weighted by Crippen LogP contribution is -2.05. The Bertz CT molecular complexity index is 234. The maximum absolute atomic E-state index is 13.1. The van der Waals surface area contributed by atoms with Crippen LogP contribution in [-0.4, -0.2) is 0 Å². The van der Waals surface area contributed by atoms with Crippen molar-refractivity contribution < 1.29 is 8.78 Å². The van der Waals surface area contributed by atoms with Crippen LogP contribution < -0.4 is 11.5 Å². The molecule has 0 heterocycles. The summed E-state index contributed by atoms with van der Waals surface area (Å²) in [4.78, 5) is 0. The number of anilines is 2. The molecule has 0 aromatic heterocycles. The summed E-state index contributed by atoms with van der Waals surface area (Å²) in [5.41, 5.74) is 10.3. The average Bonchev–Trinajstić information content (AvgIpc) is 2.08. The molecule has 0 radical (unpaired) electrons. The van der Waals surface area contributed by atoms with Crippen LogP contribution >= 0.6 is 22.6 Å². The van der Waals surface area contributed by atoms with Crippen LogP contribution in [0.4, 0.5) is 20.2 Å². The van der Waals surface area contributed by atoms with Gasteiger partial charge in [0.2, 0.25) is 0 Å². The second-order valence-corrected chi connectivity index (χ2v) is 3.47. The molecule has 5 heteroatoms. The molecule has 0 spiro atoms. The Hall–Kier alpha value is -0.590. The maximum Gasteiger partial charge on any atom is 0.161 e. The topological polar surface area (TPSA) is 52.0 Å². The lowest BCUT2D eigenvalue weighted by atomic mass is 10.1. The smallest absolute Gasteiger partial charge is 0.161 e. The molecule has 0 fully saturated rings. The molecular formula is C7H7F2IN2. The first-order chi connectivity index (χ1) is 5.46. The second kappa shape index (κ2) is 3.04. The summed E-state index contributed by atoms with van der Waals surface area (Å²) in [7, 11) is 0. The van der Waals surface area contributed by atoms with Gasteiger partial charge in [-0.3, -0.25) is 0 Å². The van der Waals surface area contributed by atoms with Gasteiger partial charge in [-0.2, -0.15) is 0 Å². The molecule has 0 unspecified atom stereocenters. The second-order valence-electron chi connectivity index (χ2n) is 2.39. The molecule has 0 atom stereocenters. The van der Waals surface area contributed by atoms with Crippen LogP contribution in [0.1, 0.15) is 5.56 Å². The molecule has 1 aromatic carbocycles. The van der Waals surface area contributed by atoms with Gasteiger partial charge < -0.3 is 11.5 Å². The van der Waals surface area contributed by atoms with Crippen molar-refractivity contribution in [2.75, 3.05) is 11.5 Å². The fourth-order valence-corrected chi connectivity index (χ4v) is 1.35. The minimum absolute atomic E-state index is 0.0354. The zero-order valence-electron chi connectivity index (χ0n) is 6.29. The first-order valence-corrected chi connectivity index (χ1v) is 4.22. The predicted octanol–water partition coefficient (Wildman–Crippen LogP) is 2.04. The van der Waals surface area contributed by atoms with Gasteiger partial charge in [0.05, 0.1) is 14.9 Å². The number of halogens is 3. The molecular weight excluding hydrogens is 277 g/mol. The molecule has 0 saturated heterocycles. The van der Waals surface area contributed by atoms with Gasteiger partial charge in [-0.15, -0.1) is 0 Å². The molecule has 4 N–H and O–H groups in total. The van der Waals surface area contributed by atoms with Crippen molar-refractivity contribution >= 4 is 34.0 Å². The molecule has 0 aliphatic heterocycles. The predicted molar refractivity (Wildman–Crippen MR) is 52.6 cm³/mol. The first-order valence-electron chi connectivity index (χ1n) is 3.14. The Kier molecular flexibility index (Phi) is 2.41. The minimum Gasteiger partial charge on any atom is -0.396 e. The van der Waals surface area contributed by atoms with Crippen LogP contribution in [0, 0.1) is 22.1 Å². The summed E-state index contributed by atoms with van der Waals surface area (Å²) >= 11 is 1.62. The number of nitrogen functional groups attached to an aromatic ring is 2. The highest BCUT2D eigenvalue weighted by molar-refractivity contribution is 14.1. The molecule has 0 aliphatic carbocycles. The van der Waals surface area contributed by atoms with Gasteiger partial charge in [-0.25, -0.2) is 8.78 Å². The Morgan fingerprint density at radius 3 is 2.08 bits per heavy atom. The summed E-state index contributed by atoms with van der Waals surface area (Å²) in [6, 6.07) is 0. The van der Waals surface area contributed by atoms with E-state index in [4.69, 9.17) is 11.5 Å². The summed E-state index contributed by atoms with van der Waals surface area (Å²) in [5, 5.41) is 0. The van der Waals surface area contributed by atoms with E-state index >= 15 is 0 Å². The lowest BCUT2D eigenvalue weighted by molar-refractivity contribution is 0.595. The summed E-state index contributed by atoms with van der Waals surface area (Å²) in [6.45, 7) is 1.39. The average molecular weight is 284 g/mol. The van der Waals surface area contributed by atoms with Gasteiger partial charge in [-0.1, -0.05) is 0 Å². The van der Waals surface area contributed by atoms with E-state index in [1.807, 2.05) is 0 Å². The van der Waals surface area contributed by atoms with Gasteiger partial charge in [0, 0.05) is 5.56 Å². The van der Waals surface area contributed by atoms with E-state index < -0.39 is 11.6 Å². The van der Waals surface area contributed by atoms with Gasteiger partial charge in [0.15, 0.2) is 11.6 Å². The molecule has 12 heavy (non-hydrogen) atoms. The molecule has 0 saturated carbocycles. The quantitative estimate of drug-likeness (QED) is 0.435. The number of nitrogens with two attached hydrogens (primary N) is 2. The van der Waals surface area contributed by atoms with Crippen molar-refractivity contribution in [3.63, 3.8) is 0 Å². The standard InChI is InChI=1S/C7H7F2IN2/c1-2-3(8)7(12)5(10)4(9)6(2)11/h11-12H2,1H3. The van der Waals surface area contributed by atoms with Crippen molar-refractivity contribution in [1.82, 2.24) is 0 Å². The molecule has 0 amide bonds. The van der Waals surface area contributed by atoms with Gasteiger partial charge in [-0.05, 0) is 29.5 Å². The monoisotopic (exact) mass is 284 g/mol. The fourth-order valence-electron chi connectivity index (χ4n) is 0.818. The van der Waals surface area contributed by atoms with Crippen LogP contribution in [0.3, 0.4) is 0 Å². The highest BCUT2D eigenvalue weighted by Gasteiger charge is 2.16. The maximum atomic E-state index is 13.1. The van der Waals surface area contributed by atoms with Crippen LogP contribution in [-0.2, 0) is 0 Å². The van der Waals surface area contributed by atoms with Crippen molar-refractivity contribution in [1.29, 1.82) is 0 Å². The highest BCUT2D eigenvalue weighted by atomic mass is 127. The molecule has 1 rings (SSSR count). The molecule has 0 bridgehead atoms. The number of hydrogen-bond acceptors (Lipinski definition) is 2. The molecule has 0 aliphatic rings. The van der Waals surface area contributed by atoms with Gasteiger partial charge in [0.1, 0.15) is 0 Å². The molecule has 1 aromatic rings. The summed E-state index contributed by atoms with van der Waals surface area (Å²) in [5.74, 6) is -1.29. The lowest BCUT2D eigenvalue weighted by Gasteiger charge is -2.08. The van der Waals surface area contributed by atoms with E-state index in [0.717, 1.165) is 0 Å². The largest absolute Gasteiger partial charge is 0.396 e. The SMILES string of the molecule is Cc1c(N)c(F)c(I)c(N)c1F. The molecule has 2 nitrogen and oxygen atoms in total. The van der Waals surface area contributed by atoms with Crippen LogP contribution in [0.15, 0.2) is 0 Å². The summed E-state index contributed by atoms with van der Waals surface area (Å²) in [6.07, 6.45) is 0. The van der Waals surface area contributed by atoms with E-state index in [9.17, 15) is 8.78 Å². The van der Waals surface area contributed by atoms with Crippen LogP contribution in [0.5, 0.6) is 0 Å². The Balaban J connectivity index is 3.60. The third-order valence-electron chi connectivity index (χ3n) is 1.64. The number of benzene rings is 1. The number of rotatable bonds is 0. The van der Waals surface area contributed by atoms with Crippen molar-refractivity contribution in [3.8, 4) is 0 Å². The Morgan fingerprint density at radius 1 is 1.08 bits per heavy atom. The normalized spacial score (nSPS) is 10.3. The van der Waals surface area contributed by atoms with Crippen molar-refractivity contribution in [3.05, 3.63) is 20.8 Å². The minimum atomic E-state index is -0.646. The Labute approximate surface area is 82.1 Å². The zero-order valence-corrected chi connectivity index (χ0v) is 8.45. The zero-order chi connectivity index (χ0) is 9.46. The van der Waals surface area contributed by atoms with E-state index in [-0.39, 0.29) is 20.5 Å². The number of hydrogen-bond donors (Lipinski definition) is 2.